The van der Waals surface area contributed by atoms with E-state index in [-0.39, 0.29) is 19.1 Å². The Morgan fingerprint density at radius 1 is 1.19 bits per heavy atom. The van der Waals surface area contributed by atoms with Crippen molar-refractivity contribution < 1.29 is 27.4 Å². The molecule has 0 aromatic heterocycles. The van der Waals surface area contributed by atoms with Crippen molar-refractivity contribution in [2.75, 3.05) is 26.9 Å². The molecule has 0 N–H and O–H groups in total. The second-order valence-corrected chi connectivity index (χ2v) is 4.80. The van der Waals surface area contributed by atoms with E-state index in [0.29, 0.717) is 28.5 Å². The summed E-state index contributed by atoms with van der Waals surface area (Å²) in [5.41, 5.74) is 0.650. The van der Waals surface area contributed by atoms with E-state index < -0.39 is 12.8 Å². The smallest absolute Gasteiger partial charge is 0.411 e. The van der Waals surface area contributed by atoms with Crippen LogP contribution in [-0.4, -0.2) is 33.1 Å². The lowest BCUT2D eigenvalue weighted by molar-refractivity contribution is -0.174. The van der Waals surface area contributed by atoms with Crippen LogP contribution in [0.25, 0.3) is 0 Å². The van der Waals surface area contributed by atoms with E-state index in [1.165, 1.54) is 7.11 Å². The van der Waals surface area contributed by atoms with Crippen LogP contribution < -0.4 is 9.47 Å². The molecule has 0 unspecified atom stereocenters. The summed E-state index contributed by atoms with van der Waals surface area (Å²) in [6, 6.07) is 3.22. The molecule has 0 aliphatic carbocycles. The normalized spacial score (nSPS) is 11.5. The lowest BCUT2D eigenvalue weighted by Crippen LogP contribution is -2.18. The van der Waals surface area contributed by atoms with Crippen molar-refractivity contribution in [3.8, 4) is 11.5 Å². The predicted molar refractivity (Wildman–Crippen MR) is 74.5 cm³/mol. The molecule has 0 saturated carbocycles. The molecule has 120 valence electrons. The van der Waals surface area contributed by atoms with Crippen LogP contribution >= 0.6 is 23.2 Å². The Kier molecular flexibility index (Phi) is 7.42. The van der Waals surface area contributed by atoms with Crippen molar-refractivity contribution in [2.24, 2.45) is 0 Å². The van der Waals surface area contributed by atoms with Crippen LogP contribution in [0.2, 0.25) is 5.02 Å². The fourth-order valence-electron chi connectivity index (χ4n) is 1.56. The Morgan fingerprint density at radius 2 is 1.90 bits per heavy atom. The van der Waals surface area contributed by atoms with Crippen molar-refractivity contribution in [2.45, 2.75) is 18.5 Å². The van der Waals surface area contributed by atoms with Gasteiger partial charge in [-0.1, -0.05) is 11.6 Å². The van der Waals surface area contributed by atoms with Gasteiger partial charge in [-0.25, -0.2) is 0 Å². The van der Waals surface area contributed by atoms with Gasteiger partial charge in [0.05, 0.1) is 26.2 Å². The maximum absolute atomic E-state index is 11.9. The zero-order valence-corrected chi connectivity index (χ0v) is 12.8. The summed E-state index contributed by atoms with van der Waals surface area (Å²) < 4.78 is 50.7. The minimum atomic E-state index is -4.31. The number of rotatable bonds is 8. The number of hydrogen-bond acceptors (Lipinski definition) is 3. The highest BCUT2D eigenvalue weighted by Gasteiger charge is 2.27. The molecule has 0 saturated heterocycles. The highest BCUT2D eigenvalue weighted by atomic mass is 35.5. The molecule has 8 heteroatoms. The largest absolute Gasteiger partial charge is 0.493 e. The number of ether oxygens (including phenoxy) is 3. The third kappa shape index (κ3) is 6.63. The van der Waals surface area contributed by atoms with E-state index in [0.717, 1.165) is 0 Å². The Balaban J connectivity index is 2.48. The van der Waals surface area contributed by atoms with Gasteiger partial charge in [0, 0.05) is 23.1 Å². The lowest BCUT2D eigenvalue weighted by atomic mass is 10.2. The minimum Gasteiger partial charge on any atom is -0.493 e. The number of benzene rings is 1. The molecule has 0 atom stereocenters. The molecule has 0 aliphatic heterocycles. The van der Waals surface area contributed by atoms with E-state index in [1.807, 2.05) is 0 Å². The third-order valence-corrected chi connectivity index (χ3v) is 2.91. The summed E-state index contributed by atoms with van der Waals surface area (Å²) in [7, 11) is 1.46. The van der Waals surface area contributed by atoms with Crippen LogP contribution in [0, 0.1) is 0 Å². The van der Waals surface area contributed by atoms with Crippen LogP contribution in [0.5, 0.6) is 11.5 Å². The Hall–Kier alpha value is -0.850. The molecule has 1 aromatic rings. The molecule has 0 amide bonds. The van der Waals surface area contributed by atoms with E-state index >= 15 is 0 Å². The van der Waals surface area contributed by atoms with Gasteiger partial charge in [0.15, 0.2) is 11.5 Å². The molecule has 21 heavy (non-hydrogen) atoms. The summed E-state index contributed by atoms with van der Waals surface area (Å²) in [5, 5.41) is 0.461. The standard InChI is InChI=1S/C13H15Cl2F3O3/c1-19-11-6-10(15)5-9(7-14)12(11)21-4-2-3-20-8-13(16,17)18/h5-6H,2-4,7-8H2,1H3. The summed E-state index contributed by atoms with van der Waals surface area (Å²) in [4.78, 5) is 0. The lowest BCUT2D eigenvalue weighted by Gasteiger charge is -2.15. The molecule has 1 aromatic carbocycles. The number of alkyl halides is 4. The molecular weight excluding hydrogens is 332 g/mol. The van der Waals surface area contributed by atoms with Crippen LogP contribution in [0.4, 0.5) is 13.2 Å². The van der Waals surface area contributed by atoms with Gasteiger partial charge in [0.25, 0.3) is 0 Å². The van der Waals surface area contributed by atoms with Crippen molar-refractivity contribution in [1.82, 2.24) is 0 Å². The maximum atomic E-state index is 11.9. The zero-order valence-electron chi connectivity index (χ0n) is 11.3. The van der Waals surface area contributed by atoms with E-state index in [9.17, 15) is 13.2 Å². The zero-order chi connectivity index (χ0) is 15.9. The SMILES string of the molecule is COc1cc(Cl)cc(CCl)c1OCCCOCC(F)(F)F. The number of halogens is 5. The average Bonchev–Trinajstić information content (AvgIpc) is 2.41. The fourth-order valence-corrected chi connectivity index (χ4v) is 1.99. The predicted octanol–water partition coefficient (Wildman–Crippen LogP) is 4.44. The molecular formula is C13H15Cl2F3O3. The molecule has 0 heterocycles. The van der Waals surface area contributed by atoms with Gasteiger partial charge in [-0.05, 0) is 6.07 Å². The fraction of sp³-hybridized carbons (Fsp3) is 0.538. The number of methoxy groups -OCH3 is 1. The summed E-state index contributed by atoms with van der Waals surface area (Å²) >= 11 is 11.7. The molecule has 0 fully saturated rings. The summed E-state index contributed by atoms with van der Waals surface area (Å²) in [6.45, 7) is -1.13. The topological polar surface area (TPSA) is 27.7 Å². The van der Waals surface area contributed by atoms with E-state index in [2.05, 4.69) is 4.74 Å². The second-order valence-electron chi connectivity index (χ2n) is 4.10. The summed E-state index contributed by atoms with van der Waals surface area (Å²) in [5.74, 6) is 1.04. The Bertz CT molecular complexity index is 428. The van der Waals surface area contributed by atoms with Crippen LogP contribution in [-0.2, 0) is 10.6 Å². The van der Waals surface area contributed by atoms with Gasteiger partial charge < -0.3 is 14.2 Å². The third-order valence-electron chi connectivity index (χ3n) is 2.41. The highest BCUT2D eigenvalue weighted by molar-refractivity contribution is 6.31. The van der Waals surface area contributed by atoms with Crippen molar-refractivity contribution in [3.63, 3.8) is 0 Å². The highest BCUT2D eigenvalue weighted by Crippen LogP contribution is 2.35. The van der Waals surface area contributed by atoms with Crippen molar-refractivity contribution >= 4 is 23.2 Å². The van der Waals surface area contributed by atoms with Gasteiger partial charge in [-0.2, -0.15) is 13.2 Å². The average molecular weight is 347 g/mol. The van der Waals surface area contributed by atoms with Gasteiger partial charge in [0.1, 0.15) is 6.61 Å². The molecule has 0 aliphatic rings. The molecule has 3 nitrogen and oxygen atoms in total. The first-order valence-electron chi connectivity index (χ1n) is 6.07. The maximum Gasteiger partial charge on any atom is 0.411 e. The quantitative estimate of drug-likeness (QED) is 0.514. The van der Waals surface area contributed by atoms with Crippen molar-refractivity contribution in [1.29, 1.82) is 0 Å². The molecule has 1 rings (SSSR count). The van der Waals surface area contributed by atoms with Gasteiger partial charge in [-0.3, -0.25) is 0 Å². The van der Waals surface area contributed by atoms with Gasteiger partial charge >= 0.3 is 6.18 Å². The minimum absolute atomic E-state index is 0.0500. The van der Waals surface area contributed by atoms with Crippen LogP contribution in [0.15, 0.2) is 12.1 Å². The second kappa shape index (κ2) is 8.56. The Morgan fingerprint density at radius 3 is 2.48 bits per heavy atom. The Labute approximate surface area is 130 Å². The van der Waals surface area contributed by atoms with Crippen LogP contribution in [0.3, 0.4) is 0 Å². The first-order valence-corrected chi connectivity index (χ1v) is 6.98. The van der Waals surface area contributed by atoms with Gasteiger partial charge in [0.2, 0.25) is 0 Å². The van der Waals surface area contributed by atoms with Crippen molar-refractivity contribution in [3.05, 3.63) is 22.7 Å². The molecule has 0 radical (unpaired) electrons. The monoisotopic (exact) mass is 346 g/mol. The first kappa shape index (κ1) is 18.2. The summed E-state index contributed by atoms with van der Waals surface area (Å²) in [6.07, 6.45) is -4.00. The molecule has 0 spiro atoms. The van der Waals surface area contributed by atoms with E-state index in [1.54, 1.807) is 12.1 Å². The van der Waals surface area contributed by atoms with Crippen LogP contribution in [0.1, 0.15) is 12.0 Å². The number of hydrogen-bond donors (Lipinski definition) is 0. The molecule has 0 bridgehead atoms. The van der Waals surface area contributed by atoms with Gasteiger partial charge in [-0.15, -0.1) is 11.6 Å². The first-order chi connectivity index (χ1) is 9.87. The van der Waals surface area contributed by atoms with E-state index in [4.69, 9.17) is 32.7 Å².